The fourth-order valence-electron chi connectivity index (χ4n) is 4.79. The van der Waals surface area contributed by atoms with Crippen LogP contribution in [0.25, 0.3) is 22.4 Å². The predicted molar refractivity (Wildman–Crippen MR) is 157 cm³/mol. The third kappa shape index (κ3) is 6.00. The Hall–Kier alpha value is -4.05. The number of rotatable bonds is 8. The first-order valence-corrected chi connectivity index (χ1v) is 15.6. The molecule has 0 atom stereocenters. The summed E-state index contributed by atoms with van der Waals surface area (Å²) in [6, 6.07) is 13.4. The summed E-state index contributed by atoms with van der Waals surface area (Å²) in [6.07, 6.45) is -2.85. The number of halogens is 5. The van der Waals surface area contributed by atoms with Gasteiger partial charge in [0.25, 0.3) is 10.0 Å². The molecular formula is C28H21ClF4N6O3S2. The maximum atomic E-state index is 15.2. The van der Waals surface area contributed by atoms with Crippen molar-refractivity contribution in [2.75, 3.05) is 24.9 Å². The second-order valence-electron chi connectivity index (χ2n) is 9.99. The van der Waals surface area contributed by atoms with Crippen LogP contribution in [0.2, 0.25) is 5.02 Å². The molecule has 0 spiro atoms. The normalized spacial score (nSPS) is 14.4. The average molecular weight is 665 g/mol. The molecule has 2 aromatic heterocycles. The van der Waals surface area contributed by atoms with Gasteiger partial charge < -0.3 is 9.64 Å². The summed E-state index contributed by atoms with van der Waals surface area (Å²) in [5, 5.41) is 11.4. The van der Waals surface area contributed by atoms with Crippen LogP contribution >= 0.6 is 22.9 Å². The third-order valence-electron chi connectivity index (χ3n) is 6.94. The maximum Gasteiger partial charge on any atom is 0.416 e. The predicted octanol–water partition coefficient (Wildman–Crippen LogP) is 6.96. The van der Waals surface area contributed by atoms with E-state index in [9.17, 15) is 21.6 Å². The topological polar surface area (TPSA) is 102 Å². The minimum absolute atomic E-state index is 0.0482. The van der Waals surface area contributed by atoms with E-state index in [2.05, 4.69) is 24.9 Å². The van der Waals surface area contributed by atoms with Gasteiger partial charge in [-0.3, -0.25) is 9.40 Å². The Morgan fingerprint density at radius 3 is 2.41 bits per heavy atom. The molecule has 3 aromatic carbocycles. The van der Waals surface area contributed by atoms with Crippen LogP contribution < -0.4 is 9.46 Å². The lowest BCUT2D eigenvalue weighted by Gasteiger charge is -2.37. The number of aromatic nitrogens is 4. The first kappa shape index (κ1) is 30.0. The summed E-state index contributed by atoms with van der Waals surface area (Å²) in [5.41, 5.74) is 2.84. The molecule has 6 rings (SSSR count). The minimum Gasteiger partial charge on any atom is -0.455 e. The zero-order valence-electron chi connectivity index (χ0n) is 22.6. The van der Waals surface area contributed by atoms with Crippen molar-refractivity contribution in [2.45, 2.75) is 17.1 Å². The van der Waals surface area contributed by atoms with E-state index < -0.39 is 32.5 Å². The zero-order valence-corrected chi connectivity index (χ0v) is 25.0. The molecule has 44 heavy (non-hydrogen) atoms. The van der Waals surface area contributed by atoms with Gasteiger partial charge in [0, 0.05) is 30.9 Å². The second kappa shape index (κ2) is 11.5. The van der Waals surface area contributed by atoms with Gasteiger partial charge in [0.2, 0.25) is 5.13 Å². The molecule has 5 aromatic rings. The zero-order chi connectivity index (χ0) is 31.2. The first-order valence-electron chi connectivity index (χ1n) is 12.9. The van der Waals surface area contributed by atoms with Gasteiger partial charge in [-0.2, -0.15) is 18.3 Å². The SMILES string of the molecule is CN1CC(n2nccc2-c2cc(-c3ccc(C(F)(F)F)cc3)ccc2Oc2cc(F)c(S(=O)(=O)Nc3nncs3)cc2Cl)C1. The van der Waals surface area contributed by atoms with Crippen molar-refractivity contribution in [1.82, 2.24) is 24.9 Å². The Balaban J connectivity index is 1.39. The molecule has 1 N–H and O–H groups in total. The minimum atomic E-state index is -4.47. The molecule has 0 bridgehead atoms. The number of likely N-dealkylation sites (N-methyl/N-ethyl adjacent to an activating group) is 1. The van der Waals surface area contributed by atoms with Crippen LogP contribution in [0.4, 0.5) is 22.7 Å². The van der Waals surface area contributed by atoms with Gasteiger partial charge in [0.1, 0.15) is 27.7 Å². The highest BCUT2D eigenvalue weighted by Crippen LogP contribution is 2.41. The number of nitrogens with zero attached hydrogens (tertiary/aromatic N) is 5. The number of likely N-dealkylation sites (tertiary alicyclic amines) is 1. The Morgan fingerprint density at radius 1 is 1.02 bits per heavy atom. The van der Waals surface area contributed by atoms with Crippen LogP contribution in [0.3, 0.4) is 0 Å². The van der Waals surface area contributed by atoms with Gasteiger partial charge in [0.05, 0.1) is 22.3 Å². The molecule has 16 heteroatoms. The second-order valence-corrected chi connectivity index (χ2v) is 12.9. The van der Waals surface area contributed by atoms with Crippen molar-refractivity contribution in [3.8, 4) is 33.9 Å². The molecule has 0 aliphatic carbocycles. The third-order valence-corrected chi connectivity index (χ3v) is 9.32. The number of benzene rings is 3. The number of hydrogen-bond acceptors (Lipinski definition) is 8. The highest BCUT2D eigenvalue weighted by atomic mass is 35.5. The largest absolute Gasteiger partial charge is 0.455 e. The van der Waals surface area contributed by atoms with Crippen molar-refractivity contribution in [1.29, 1.82) is 0 Å². The van der Waals surface area contributed by atoms with E-state index in [0.717, 1.165) is 48.7 Å². The number of anilines is 1. The van der Waals surface area contributed by atoms with Gasteiger partial charge in [-0.15, -0.1) is 10.2 Å². The van der Waals surface area contributed by atoms with Crippen LogP contribution in [0.1, 0.15) is 11.6 Å². The van der Waals surface area contributed by atoms with E-state index in [1.54, 1.807) is 30.5 Å². The first-order chi connectivity index (χ1) is 20.9. The quantitative estimate of drug-likeness (QED) is 0.179. The molecule has 228 valence electrons. The molecule has 0 unspecified atom stereocenters. The summed E-state index contributed by atoms with van der Waals surface area (Å²) in [4.78, 5) is 1.40. The Labute approximate surface area is 257 Å². The molecule has 3 heterocycles. The van der Waals surface area contributed by atoms with Gasteiger partial charge in [0.15, 0.2) is 0 Å². The van der Waals surface area contributed by atoms with Crippen molar-refractivity contribution in [3.63, 3.8) is 0 Å². The van der Waals surface area contributed by atoms with Gasteiger partial charge in [-0.25, -0.2) is 12.8 Å². The lowest BCUT2D eigenvalue weighted by Crippen LogP contribution is -2.45. The molecule has 1 aliphatic heterocycles. The Morgan fingerprint density at radius 2 is 1.75 bits per heavy atom. The van der Waals surface area contributed by atoms with Crippen LogP contribution in [0.5, 0.6) is 11.5 Å². The molecule has 0 radical (unpaired) electrons. The molecule has 1 fully saturated rings. The van der Waals surface area contributed by atoms with Gasteiger partial charge in [-0.1, -0.05) is 41.1 Å². The number of sulfonamides is 1. The van der Waals surface area contributed by atoms with E-state index in [1.807, 2.05) is 11.7 Å². The highest BCUT2D eigenvalue weighted by molar-refractivity contribution is 7.93. The summed E-state index contributed by atoms with van der Waals surface area (Å²) in [6.45, 7) is 1.50. The van der Waals surface area contributed by atoms with Crippen molar-refractivity contribution in [3.05, 3.63) is 88.8 Å². The van der Waals surface area contributed by atoms with Crippen LogP contribution in [-0.4, -0.2) is 53.4 Å². The number of nitrogens with one attached hydrogen (secondary N) is 1. The van der Waals surface area contributed by atoms with E-state index in [1.165, 1.54) is 17.6 Å². The molecule has 0 amide bonds. The van der Waals surface area contributed by atoms with Crippen LogP contribution in [-0.2, 0) is 16.2 Å². The monoisotopic (exact) mass is 664 g/mol. The van der Waals surface area contributed by atoms with Gasteiger partial charge >= 0.3 is 6.18 Å². The molecule has 9 nitrogen and oxygen atoms in total. The molecule has 1 aliphatic rings. The summed E-state index contributed by atoms with van der Waals surface area (Å²) < 4.78 is 90.2. The van der Waals surface area contributed by atoms with Crippen LogP contribution in [0.15, 0.2) is 77.3 Å². The smallest absolute Gasteiger partial charge is 0.416 e. The van der Waals surface area contributed by atoms with E-state index in [-0.39, 0.29) is 27.7 Å². The van der Waals surface area contributed by atoms with Crippen LogP contribution in [0, 0.1) is 5.82 Å². The highest BCUT2D eigenvalue weighted by Gasteiger charge is 2.31. The lowest BCUT2D eigenvalue weighted by atomic mass is 9.99. The number of alkyl halides is 3. The summed E-state index contributed by atoms with van der Waals surface area (Å²) in [5.74, 6) is -1.04. The lowest BCUT2D eigenvalue weighted by molar-refractivity contribution is -0.137. The maximum absolute atomic E-state index is 15.2. The average Bonchev–Trinajstić information content (AvgIpc) is 3.65. The van der Waals surface area contributed by atoms with Gasteiger partial charge in [-0.05, 0) is 54.6 Å². The standard InChI is InChI=1S/C28H21ClF4N6O3S2/c1-38-13-19(14-38)39-23(8-9-35-39)20-10-17(16-2-5-18(6-3-16)28(31,32)33)4-7-24(20)42-25-12-22(30)26(11-21(25)29)44(40,41)37-27-36-34-15-43-27/h2-12,15,19H,13-14H2,1H3,(H,36,37). The van der Waals surface area contributed by atoms with E-state index in [0.29, 0.717) is 22.4 Å². The fraction of sp³-hybridized carbons (Fsp3) is 0.179. The summed E-state index contributed by atoms with van der Waals surface area (Å²) in [7, 11) is -2.40. The van der Waals surface area contributed by atoms with Crippen molar-refractivity contribution < 1.29 is 30.7 Å². The Kier molecular flexibility index (Phi) is 7.82. The number of ether oxygens (including phenoxy) is 1. The molecular weight excluding hydrogens is 644 g/mol. The molecule has 1 saturated heterocycles. The van der Waals surface area contributed by atoms with E-state index >= 15 is 4.39 Å². The fourth-order valence-corrected chi connectivity index (χ4v) is 6.84. The van der Waals surface area contributed by atoms with Crippen molar-refractivity contribution >= 4 is 38.1 Å². The Bertz CT molecular complexity index is 1930. The molecule has 0 saturated carbocycles. The number of hydrogen-bond donors (Lipinski definition) is 1. The summed E-state index contributed by atoms with van der Waals surface area (Å²) >= 11 is 7.32. The van der Waals surface area contributed by atoms with E-state index in [4.69, 9.17) is 16.3 Å². The van der Waals surface area contributed by atoms with Crippen molar-refractivity contribution in [2.24, 2.45) is 0 Å².